The molecule has 140 valence electrons. The molecule has 2 aromatic heterocycles. The number of nitro groups is 1. The fraction of sp³-hybridized carbons (Fsp3) is 0.235. The lowest BCUT2D eigenvalue weighted by Gasteiger charge is -2.07. The molecular weight excluding hydrogens is 370 g/mol. The summed E-state index contributed by atoms with van der Waals surface area (Å²) in [5.41, 5.74) is 0.0571. The molecule has 0 bridgehead atoms. The van der Waals surface area contributed by atoms with Crippen molar-refractivity contribution in [2.24, 2.45) is 0 Å². The second-order valence-corrected chi connectivity index (χ2v) is 6.51. The van der Waals surface area contributed by atoms with Crippen molar-refractivity contribution in [3.8, 4) is 11.6 Å². The number of anilines is 1. The minimum absolute atomic E-state index is 0.132. The number of nitrogens with zero attached hydrogens (tertiary/aromatic N) is 4. The maximum Gasteiger partial charge on any atom is 0.292 e. The van der Waals surface area contributed by atoms with Crippen molar-refractivity contribution in [2.75, 3.05) is 11.1 Å². The number of benzene rings is 1. The number of para-hydroxylation sites is 2. The predicted molar refractivity (Wildman–Crippen MR) is 100 cm³/mol. The monoisotopic (exact) mass is 387 g/mol. The van der Waals surface area contributed by atoms with Crippen LogP contribution in [0.1, 0.15) is 13.3 Å². The molecule has 1 N–H and O–H groups in total. The van der Waals surface area contributed by atoms with E-state index in [1.807, 2.05) is 17.6 Å². The van der Waals surface area contributed by atoms with E-state index in [1.165, 1.54) is 23.9 Å². The lowest BCUT2D eigenvalue weighted by atomic mass is 10.2. The van der Waals surface area contributed by atoms with E-state index in [-0.39, 0.29) is 23.7 Å². The van der Waals surface area contributed by atoms with Crippen LogP contribution in [0, 0.1) is 10.1 Å². The number of nitro benzene ring substituents is 1. The van der Waals surface area contributed by atoms with E-state index in [0.29, 0.717) is 29.0 Å². The van der Waals surface area contributed by atoms with Crippen molar-refractivity contribution in [3.05, 3.63) is 52.8 Å². The highest BCUT2D eigenvalue weighted by atomic mass is 32.2. The fourth-order valence-electron chi connectivity index (χ4n) is 2.45. The van der Waals surface area contributed by atoms with E-state index in [9.17, 15) is 14.9 Å². The largest absolute Gasteiger partial charge is 0.461 e. The van der Waals surface area contributed by atoms with Gasteiger partial charge in [0.1, 0.15) is 5.69 Å². The Morgan fingerprint density at radius 3 is 2.81 bits per heavy atom. The van der Waals surface area contributed by atoms with Crippen LogP contribution in [-0.4, -0.2) is 31.3 Å². The number of hydrogen-bond acceptors (Lipinski definition) is 7. The molecule has 0 spiro atoms. The van der Waals surface area contributed by atoms with Gasteiger partial charge in [0, 0.05) is 24.8 Å². The first-order valence-corrected chi connectivity index (χ1v) is 9.22. The molecular formula is C17H17N5O4S. The van der Waals surface area contributed by atoms with Gasteiger partial charge in [-0.25, -0.2) is 0 Å². The quantitative estimate of drug-likeness (QED) is 0.357. The molecule has 0 fully saturated rings. The van der Waals surface area contributed by atoms with Crippen molar-refractivity contribution < 1.29 is 14.1 Å². The summed E-state index contributed by atoms with van der Waals surface area (Å²) < 4.78 is 7.27. The lowest BCUT2D eigenvalue weighted by molar-refractivity contribution is -0.383. The Hall–Kier alpha value is -3.14. The van der Waals surface area contributed by atoms with Gasteiger partial charge in [0.15, 0.2) is 16.7 Å². The third-order valence-corrected chi connectivity index (χ3v) is 4.68. The first-order chi connectivity index (χ1) is 13.1. The van der Waals surface area contributed by atoms with Gasteiger partial charge in [0.2, 0.25) is 5.91 Å². The SMILES string of the molecule is CCn1c(SCCC(=O)Nc2ccccc2[N+](=O)[O-])nnc1-c1ccco1. The first kappa shape index (κ1) is 18.6. The van der Waals surface area contributed by atoms with Gasteiger partial charge >= 0.3 is 0 Å². The Labute approximate surface area is 158 Å². The fourth-order valence-corrected chi connectivity index (χ4v) is 3.39. The van der Waals surface area contributed by atoms with Gasteiger partial charge in [-0.1, -0.05) is 23.9 Å². The number of hydrogen-bond donors (Lipinski definition) is 1. The summed E-state index contributed by atoms with van der Waals surface area (Å²) in [4.78, 5) is 22.6. The van der Waals surface area contributed by atoms with E-state index in [0.717, 1.165) is 0 Å². The van der Waals surface area contributed by atoms with E-state index in [4.69, 9.17) is 4.42 Å². The molecule has 27 heavy (non-hydrogen) atoms. The zero-order valence-electron chi connectivity index (χ0n) is 14.5. The molecule has 3 rings (SSSR count). The molecule has 2 heterocycles. The van der Waals surface area contributed by atoms with E-state index in [2.05, 4.69) is 15.5 Å². The van der Waals surface area contributed by atoms with Crippen molar-refractivity contribution in [1.82, 2.24) is 14.8 Å². The Morgan fingerprint density at radius 2 is 2.11 bits per heavy atom. The molecule has 3 aromatic rings. The van der Waals surface area contributed by atoms with Crippen LogP contribution in [0.25, 0.3) is 11.6 Å². The molecule has 0 aliphatic rings. The number of aromatic nitrogens is 3. The third-order valence-electron chi connectivity index (χ3n) is 3.71. The van der Waals surface area contributed by atoms with Gasteiger partial charge < -0.3 is 9.73 Å². The highest BCUT2D eigenvalue weighted by molar-refractivity contribution is 7.99. The molecule has 0 aliphatic heterocycles. The van der Waals surface area contributed by atoms with Crippen molar-refractivity contribution in [3.63, 3.8) is 0 Å². The maximum atomic E-state index is 12.1. The Kier molecular flexibility index (Phi) is 5.87. The van der Waals surface area contributed by atoms with Gasteiger partial charge in [-0.15, -0.1) is 10.2 Å². The Morgan fingerprint density at radius 1 is 1.30 bits per heavy atom. The molecule has 0 aliphatic carbocycles. The molecule has 0 radical (unpaired) electrons. The molecule has 1 aromatic carbocycles. The molecule has 0 saturated heterocycles. The van der Waals surface area contributed by atoms with Crippen LogP contribution in [-0.2, 0) is 11.3 Å². The minimum atomic E-state index is -0.524. The maximum absolute atomic E-state index is 12.1. The standard InChI is InChI=1S/C17H17N5O4S/c1-2-21-16(14-8-5-10-26-14)19-20-17(21)27-11-9-15(23)18-12-6-3-4-7-13(12)22(24)25/h3-8,10H,2,9,11H2,1H3,(H,18,23). The summed E-state index contributed by atoms with van der Waals surface area (Å²) >= 11 is 1.39. The number of furan rings is 1. The van der Waals surface area contributed by atoms with Crippen molar-refractivity contribution >= 4 is 29.0 Å². The number of rotatable bonds is 8. The average Bonchev–Trinajstić information content (AvgIpc) is 3.31. The first-order valence-electron chi connectivity index (χ1n) is 8.23. The van der Waals surface area contributed by atoms with Crippen LogP contribution in [0.3, 0.4) is 0 Å². The Balaban J connectivity index is 1.59. The van der Waals surface area contributed by atoms with Gasteiger partial charge in [0.05, 0.1) is 11.2 Å². The molecule has 0 atom stereocenters. The summed E-state index contributed by atoms with van der Waals surface area (Å²) in [5.74, 6) is 1.42. The van der Waals surface area contributed by atoms with Crippen LogP contribution in [0.4, 0.5) is 11.4 Å². The van der Waals surface area contributed by atoms with Gasteiger partial charge in [0.25, 0.3) is 5.69 Å². The molecule has 9 nitrogen and oxygen atoms in total. The second kappa shape index (κ2) is 8.49. The topological polar surface area (TPSA) is 116 Å². The van der Waals surface area contributed by atoms with E-state index in [1.54, 1.807) is 24.5 Å². The van der Waals surface area contributed by atoms with E-state index < -0.39 is 4.92 Å². The molecule has 10 heteroatoms. The van der Waals surface area contributed by atoms with Crippen LogP contribution >= 0.6 is 11.8 Å². The van der Waals surface area contributed by atoms with Crippen molar-refractivity contribution in [2.45, 2.75) is 25.0 Å². The minimum Gasteiger partial charge on any atom is -0.461 e. The van der Waals surface area contributed by atoms with Crippen LogP contribution in [0.2, 0.25) is 0 Å². The zero-order chi connectivity index (χ0) is 19.2. The van der Waals surface area contributed by atoms with Crippen LogP contribution in [0.5, 0.6) is 0 Å². The van der Waals surface area contributed by atoms with Gasteiger partial charge in [-0.2, -0.15) is 0 Å². The summed E-state index contributed by atoms with van der Waals surface area (Å²) in [5, 5.41) is 22.6. The Bertz CT molecular complexity index is 939. The smallest absolute Gasteiger partial charge is 0.292 e. The zero-order valence-corrected chi connectivity index (χ0v) is 15.3. The second-order valence-electron chi connectivity index (χ2n) is 5.45. The molecule has 0 saturated carbocycles. The normalized spacial score (nSPS) is 10.7. The summed E-state index contributed by atoms with van der Waals surface area (Å²) in [6, 6.07) is 9.64. The summed E-state index contributed by atoms with van der Waals surface area (Å²) in [6.07, 6.45) is 1.76. The summed E-state index contributed by atoms with van der Waals surface area (Å²) in [7, 11) is 0. The van der Waals surface area contributed by atoms with Gasteiger partial charge in [-0.05, 0) is 25.1 Å². The van der Waals surface area contributed by atoms with Crippen LogP contribution < -0.4 is 5.32 Å². The average molecular weight is 387 g/mol. The molecule has 1 amide bonds. The number of carbonyl (C=O) groups is 1. The molecule has 0 unspecified atom stereocenters. The van der Waals surface area contributed by atoms with E-state index >= 15 is 0 Å². The number of carbonyl (C=O) groups excluding carboxylic acids is 1. The van der Waals surface area contributed by atoms with Crippen molar-refractivity contribution in [1.29, 1.82) is 0 Å². The van der Waals surface area contributed by atoms with Gasteiger partial charge in [-0.3, -0.25) is 19.5 Å². The highest BCUT2D eigenvalue weighted by Gasteiger charge is 2.17. The van der Waals surface area contributed by atoms with Crippen LogP contribution in [0.15, 0.2) is 52.2 Å². The predicted octanol–water partition coefficient (Wildman–Crippen LogP) is 3.59. The number of thioether (sulfide) groups is 1. The third kappa shape index (κ3) is 4.34. The lowest BCUT2D eigenvalue weighted by Crippen LogP contribution is -2.13. The number of nitrogens with one attached hydrogen (secondary N) is 1. The highest BCUT2D eigenvalue weighted by Crippen LogP contribution is 2.26. The number of amides is 1. The summed E-state index contributed by atoms with van der Waals surface area (Å²) in [6.45, 7) is 2.63.